The minimum atomic E-state index is -1.04. The number of carbonyl (C=O) groups is 1. The van der Waals surface area contributed by atoms with Crippen LogP contribution in [0.25, 0.3) is 67.7 Å². The van der Waals surface area contributed by atoms with Crippen LogP contribution in [0.1, 0.15) is 74.9 Å². The van der Waals surface area contributed by atoms with Crippen molar-refractivity contribution in [1.82, 2.24) is 15.0 Å². The maximum atomic E-state index is 12.2. The molecule has 0 saturated carbocycles. The van der Waals surface area contributed by atoms with Crippen molar-refractivity contribution in [3.05, 3.63) is 232 Å². The van der Waals surface area contributed by atoms with Gasteiger partial charge < -0.3 is 58.7 Å². The van der Waals surface area contributed by atoms with E-state index in [0.717, 1.165) is 71.8 Å². The van der Waals surface area contributed by atoms with Gasteiger partial charge in [0.2, 0.25) is 17.7 Å². The second kappa shape index (κ2) is 28.6. The quantitative estimate of drug-likeness (QED) is 0.0391. The van der Waals surface area contributed by atoms with Gasteiger partial charge in [0.1, 0.15) is 47.0 Å². The van der Waals surface area contributed by atoms with Gasteiger partial charge >= 0.3 is 0 Å². The number of aromatic nitrogens is 3. The lowest BCUT2D eigenvalue weighted by Crippen LogP contribution is -2.20. The second-order valence-corrected chi connectivity index (χ2v) is 24.7. The molecule has 16 nitrogen and oxygen atoms in total. The molecule has 472 valence electrons. The van der Waals surface area contributed by atoms with Crippen molar-refractivity contribution in [2.75, 3.05) is 48.9 Å². The Morgan fingerprint density at radius 3 is 1.18 bits per heavy atom. The summed E-state index contributed by atoms with van der Waals surface area (Å²) in [6.07, 6.45) is 0. The highest BCUT2D eigenvalue weighted by Gasteiger charge is 2.26. The van der Waals surface area contributed by atoms with Gasteiger partial charge in [0.25, 0.3) is 5.91 Å². The minimum absolute atomic E-state index is 0.0720. The summed E-state index contributed by atoms with van der Waals surface area (Å²) in [6, 6.07) is 61.5. The summed E-state index contributed by atoms with van der Waals surface area (Å²) in [5.74, 6) is 3.78. The number of aryl methyl sites for hydroxylation is 3. The highest BCUT2D eigenvalue weighted by atomic mass is 79.9. The Labute approximate surface area is 543 Å². The van der Waals surface area contributed by atoms with E-state index in [9.17, 15) is 20.1 Å². The molecule has 92 heavy (non-hydrogen) atoms. The number of rotatable bonds is 20. The SMILES string of the molecule is Cc1ccccc1OCC(=O)Nc1ccc(-c2nc3cccc(C(C)(C)O)c3o2)cc1.Cc1ccccc1OCCNc1ccc(-c2nc3cc(Br)cc(C(C)(C)O)c3o2)cc1.Cc1ccccc1OCCNc1ccc(-c2nc3cccc(C(C)(C)O)c3o2)cc1. The van der Waals surface area contributed by atoms with Gasteiger partial charge in [-0.2, -0.15) is 0 Å². The molecule has 0 saturated heterocycles. The lowest BCUT2D eigenvalue weighted by atomic mass is 9.98. The number of nitrogens with one attached hydrogen (secondary N) is 3. The van der Waals surface area contributed by atoms with Crippen LogP contribution in [0.15, 0.2) is 212 Å². The Hall–Kier alpha value is -9.78. The summed E-state index contributed by atoms with van der Waals surface area (Å²) in [4.78, 5) is 25.9. The zero-order valence-corrected chi connectivity index (χ0v) is 54.5. The van der Waals surface area contributed by atoms with Crippen LogP contribution in [0, 0.1) is 20.8 Å². The second-order valence-electron chi connectivity index (χ2n) is 23.8. The third-order valence-electron chi connectivity index (χ3n) is 15.0. The molecule has 17 heteroatoms. The van der Waals surface area contributed by atoms with Crippen LogP contribution in [-0.4, -0.2) is 69.1 Å². The smallest absolute Gasteiger partial charge is 0.262 e. The molecule has 0 unspecified atom stereocenters. The third kappa shape index (κ3) is 16.6. The number of halogens is 1. The van der Waals surface area contributed by atoms with Crippen LogP contribution >= 0.6 is 15.9 Å². The first kappa shape index (κ1) is 65.2. The van der Waals surface area contributed by atoms with Crippen molar-refractivity contribution in [1.29, 1.82) is 0 Å². The zero-order valence-electron chi connectivity index (χ0n) is 52.9. The summed E-state index contributed by atoms with van der Waals surface area (Å²) in [7, 11) is 0. The molecule has 0 fully saturated rings. The number of anilines is 3. The Bertz CT molecular complexity index is 4460. The van der Waals surface area contributed by atoms with Crippen molar-refractivity contribution in [3.8, 4) is 51.6 Å². The molecule has 9 aromatic carbocycles. The number of benzene rings is 9. The third-order valence-corrected chi connectivity index (χ3v) is 15.4. The van der Waals surface area contributed by atoms with Crippen LogP contribution in [-0.2, 0) is 21.6 Å². The van der Waals surface area contributed by atoms with E-state index in [1.165, 1.54) is 0 Å². The van der Waals surface area contributed by atoms with Crippen LogP contribution in [0.2, 0.25) is 0 Å². The largest absolute Gasteiger partial charge is 0.491 e. The van der Waals surface area contributed by atoms with Crippen molar-refractivity contribution in [2.24, 2.45) is 0 Å². The van der Waals surface area contributed by atoms with E-state index in [4.69, 9.17) is 27.5 Å². The van der Waals surface area contributed by atoms with Crippen LogP contribution < -0.4 is 30.2 Å². The van der Waals surface area contributed by atoms with Crippen LogP contribution in [0.4, 0.5) is 17.1 Å². The van der Waals surface area contributed by atoms with E-state index < -0.39 is 16.8 Å². The topological polar surface area (TPSA) is 220 Å². The number of aliphatic hydroxyl groups is 3. The van der Waals surface area contributed by atoms with Gasteiger partial charge in [0, 0.05) is 68.0 Å². The number of oxazole rings is 3. The highest BCUT2D eigenvalue weighted by Crippen LogP contribution is 2.37. The van der Waals surface area contributed by atoms with Crippen molar-refractivity contribution < 1.29 is 47.6 Å². The van der Waals surface area contributed by atoms with E-state index in [1.54, 1.807) is 53.7 Å². The Morgan fingerprint density at radius 2 is 0.793 bits per heavy atom. The number of amides is 1. The number of nitrogens with zero attached hydrogens (tertiary/aromatic N) is 3. The van der Waals surface area contributed by atoms with Gasteiger partial charge in [0.05, 0.1) is 16.8 Å². The fourth-order valence-corrected chi connectivity index (χ4v) is 10.5. The monoisotopic (exact) mass is 1300 g/mol. The molecule has 0 atom stereocenters. The lowest BCUT2D eigenvalue weighted by Gasteiger charge is -2.17. The van der Waals surface area contributed by atoms with Gasteiger partial charge in [0.15, 0.2) is 23.4 Å². The van der Waals surface area contributed by atoms with E-state index >= 15 is 0 Å². The predicted octanol–water partition coefficient (Wildman–Crippen LogP) is 16.9. The Balaban J connectivity index is 0.000000151. The molecule has 3 heterocycles. The highest BCUT2D eigenvalue weighted by molar-refractivity contribution is 9.10. The Morgan fingerprint density at radius 1 is 0.435 bits per heavy atom. The number of fused-ring (bicyclic) bond motifs is 3. The van der Waals surface area contributed by atoms with Gasteiger partial charge in [-0.3, -0.25) is 4.79 Å². The molecule has 0 aliphatic carbocycles. The average Bonchev–Trinajstić information content (AvgIpc) is 1.64. The molecule has 0 aliphatic rings. The number of hydrogen-bond donors (Lipinski definition) is 6. The molecule has 6 N–H and O–H groups in total. The minimum Gasteiger partial charge on any atom is -0.491 e. The summed E-state index contributed by atoms with van der Waals surface area (Å²) >= 11 is 3.49. The lowest BCUT2D eigenvalue weighted by molar-refractivity contribution is -0.118. The first-order valence-corrected chi connectivity index (χ1v) is 31.1. The molecule has 0 radical (unpaired) electrons. The first-order chi connectivity index (χ1) is 44.0. The first-order valence-electron chi connectivity index (χ1n) is 30.3. The zero-order chi connectivity index (χ0) is 65.2. The van der Waals surface area contributed by atoms with Crippen molar-refractivity contribution in [3.63, 3.8) is 0 Å². The van der Waals surface area contributed by atoms with Gasteiger partial charge in [-0.15, -0.1) is 0 Å². The van der Waals surface area contributed by atoms with Crippen LogP contribution in [0.5, 0.6) is 17.2 Å². The summed E-state index contributed by atoms with van der Waals surface area (Å²) in [5.41, 5.74) is 11.4. The summed E-state index contributed by atoms with van der Waals surface area (Å²) in [5, 5.41) is 40.8. The van der Waals surface area contributed by atoms with Gasteiger partial charge in [-0.1, -0.05) is 94.8 Å². The fraction of sp³-hybridized carbons (Fsp3) is 0.227. The van der Waals surface area contributed by atoms with E-state index in [1.807, 2.05) is 203 Å². The fourth-order valence-electron chi connectivity index (χ4n) is 10.1. The van der Waals surface area contributed by atoms with E-state index in [2.05, 4.69) is 46.8 Å². The molecule has 3 aromatic heterocycles. The van der Waals surface area contributed by atoms with E-state index in [0.29, 0.717) is 94.3 Å². The van der Waals surface area contributed by atoms with Crippen LogP contribution in [0.3, 0.4) is 0 Å². The Kier molecular flexibility index (Phi) is 20.3. The number of hydrogen-bond acceptors (Lipinski definition) is 15. The average molecular weight is 1300 g/mol. The van der Waals surface area contributed by atoms with Crippen molar-refractivity contribution in [2.45, 2.75) is 79.1 Å². The van der Waals surface area contributed by atoms with Gasteiger partial charge in [-0.05, 0) is 194 Å². The number of ether oxygens (including phenoxy) is 3. The molecule has 12 aromatic rings. The van der Waals surface area contributed by atoms with Crippen molar-refractivity contribution >= 4 is 72.2 Å². The molecule has 1 amide bonds. The van der Waals surface area contributed by atoms with E-state index in [-0.39, 0.29) is 12.5 Å². The summed E-state index contributed by atoms with van der Waals surface area (Å²) < 4.78 is 36.1. The molecule has 0 aliphatic heterocycles. The molecule has 0 bridgehead atoms. The normalized spacial score (nSPS) is 11.6. The molecule has 0 spiro atoms. The predicted molar refractivity (Wildman–Crippen MR) is 367 cm³/mol. The molecule has 12 rings (SSSR count). The molecular weight excluding hydrogens is 1220 g/mol. The number of carbonyl (C=O) groups excluding carboxylic acids is 1. The standard InChI is InChI=1S/C25H25BrN2O3.C25H24N2O4.C25H26N2O3/c1-16-6-4-5-7-22(16)30-13-12-27-19-10-8-17(9-11-19)24-28-21-15-18(26)14-20(23(21)31-24)25(2,3)29;1-16-7-4-5-10-21(16)30-15-22(28)26-18-13-11-17(12-14-18)24-27-20-9-6-8-19(23(20)31-24)25(2,3)29;1-17-7-4-5-10-22(17)29-16-15-26-19-13-11-18(12-14-19)24-27-21-9-6-8-20(23(21)30-24)25(2,3)28/h4-11,14-15,27,29H,12-13H2,1-3H3;4-14,29H,15H2,1-3H3,(H,26,28);4-14,26,28H,15-16H2,1-3H3. The maximum absolute atomic E-state index is 12.2. The van der Waals surface area contributed by atoms with Gasteiger partial charge in [-0.25, -0.2) is 15.0 Å². The maximum Gasteiger partial charge on any atom is 0.262 e. The molecular formula is C75H75BrN6O10. The number of para-hydroxylation sites is 5. The summed E-state index contributed by atoms with van der Waals surface area (Å²) in [6.45, 7) is 18.9.